The molecule has 2 aromatic rings. The molecule has 0 saturated heterocycles. The van der Waals surface area contributed by atoms with Crippen LogP contribution in [0.15, 0.2) is 54.6 Å². The van der Waals surface area contributed by atoms with Gasteiger partial charge in [0, 0.05) is 6.61 Å². The lowest BCUT2D eigenvalue weighted by Crippen LogP contribution is -2.32. The van der Waals surface area contributed by atoms with Gasteiger partial charge in [-0.05, 0) is 37.5 Å². The molecule has 5 heteroatoms. The van der Waals surface area contributed by atoms with Gasteiger partial charge in [-0.1, -0.05) is 42.5 Å². The number of hydrogen-bond donors (Lipinski definition) is 3. The Labute approximate surface area is 142 Å². The third-order valence-corrected chi connectivity index (χ3v) is 3.59. The zero-order valence-corrected chi connectivity index (χ0v) is 13.9. The number of ether oxygens (including phenoxy) is 1. The minimum Gasteiger partial charge on any atom is -0.492 e. The second kappa shape index (κ2) is 9.57. The van der Waals surface area contributed by atoms with E-state index in [1.165, 1.54) is 0 Å². The molecule has 0 heterocycles. The highest BCUT2D eigenvalue weighted by atomic mass is 16.5. The number of aliphatic hydroxyl groups is 1. The molecule has 0 bridgehead atoms. The average molecular weight is 328 g/mol. The summed E-state index contributed by atoms with van der Waals surface area (Å²) in [5.41, 5.74) is 1.64. The maximum atomic E-state index is 12.4. The summed E-state index contributed by atoms with van der Waals surface area (Å²) in [6, 6.07) is 16.6. The van der Waals surface area contributed by atoms with E-state index in [4.69, 9.17) is 9.84 Å². The standard InChI is InChI=1S/C19H24N2O3/c1-2-24-18-13-7-6-11-17(18)21-19(23)20-16(12-8-14-22)15-9-4-3-5-10-15/h3-7,9-11,13,16,22H,2,8,12,14H2,1H3,(H2,20,21,23). The Kier molecular flexibility index (Phi) is 7.11. The normalized spacial score (nSPS) is 11.6. The number of nitrogens with one attached hydrogen (secondary N) is 2. The Bertz CT molecular complexity index is 632. The van der Waals surface area contributed by atoms with Crippen LogP contribution in [-0.2, 0) is 0 Å². The first-order valence-corrected chi connectivity index (χ1v) is 8.19. The number of carbonyl (C=O) groups is 1. The second-order valence-electron chi connectivity index (χ2n) is 5.36. The molecule has 0 aromatic heterocycles. The van der Waals surface area contributed by atoms with E-state index < -0.39 is 0 Å². The fourth-order valence-electron chi connectivity index (χ4n) is 2.47. The molecule has 0 aliphatic carbocycles. The molecule has 2 rings (SSSR count). The van der Waals surface area contributed by atoms with Crippen molar-refractivity contribution in [3.63, 3.8) is 0 Å². The number of urea groups is 1. The molecule has 0 saturated carbocycles. The minimum atomic E-state index is -0.297. The van der Waals surface area contributed by atoms with E-state index in [9.17, 15) is 4.79 Å². The maximum Gasteiger partial charge on any atom is 0.319 e. The molecule has 24 heavy (non-hydrogen) atoms. The number of rotatable bonds is 8. The predicted octanol–water partition coefficient (Wildman–Crippen LogP) is 3.72. The number of para-hydroxylation sites is 2. The first-order valence-electron chi connectivity index (χ1n) is 8.19. The lowest BCUT2D eigenvalue weighted by atomic mass is 10.0. The molecule has 2 amide bonds. The SMILES string of the molecule is CCOc1ccccc1NC(=O)NC(CCCO)c1ccccc1. The monoisotopic (exact) mass is 328 g/mol. The van der Waals surface area contributed by atoms with E-state index in [0.717, 1.165) is 5.56 Å². The molecule has 5 nitrogen and oxygen atoms in total. The van der Waals surface area contributed by atoms with Crippen molar-refractivity contribution in [3.05, 3.63) is 60.2 Å². The Morgan fingerprint density at radius 3 is 2.54 bits per heavy atom. The van der Waals surface area contributed by atoms with Crippen LogP contribution in [0.25, 0.3) is 0 Å². The summed E-state index contributed by atoms with van der Waals surface area (Å²) in [7, 11) is 0. The lowest BCUT2D eigenvalue weighted by molar-refractivity contribution is 0.243. The van der Waals surface area contributed by atoms with Crippen molar-refractivity contribution in [3.8, 4) is 5.75 Å². The summed E-state index contributed by atoms with van der Waals surface area (Å²) in [6.07, 6.45) is 1.29. The fourth-order valence-corrected chi connectivity index (χ4v) is 2.47. The third kappa shape index (κ3) is 5.28. The van der Waals surface area contributed by atoms with Crippen LogP contribution in [-0.4, -0.2) is 24.4 Å². The van der Waals surface area contributed by atoms with Gasteiger partial charge in [0.25, 0.3) is 0 Å². The summed E-state index contributed by atoms with van der Waals surface area (Å²) in [6.45, 7) is 2.53. The van der Waals surface area contributed by atoms with Crippen LogP contribution < -0.4 is 15.4 Å². The van der Waals surface area contributed by atoms with Gasteiger partial charge in [0.15, 0.2) is 0 Å². The molecule has 0 fully saturated rings. The largest absolute Gasteiger partial charge is 0.492 e. The predicted molar refractivity (Wildman–Crippen MR) is 95.3 cm³/mol. The zero-order valence-electron chi connectivity index (χ0n) is 13.9. The molecular formula is C19H24N2O3. The molecule has 1 unspecified atom stereocenters. The van der Waals surface area contributed by atoms with Gasteiger partial charge < -0.3 is 20.5 Å². The van der Waals surface area contributed by atoms with Gasteiger partial charge in [0.1, 0.15) is 5.75 Å². The summed E-state index contributed by atoms with van der Waals surface area (Å²) in [4.78, 5) is 12.4. The Morgan fingerprint density at radius 1 is 1.12 bits per heavy atom. The lowest BCUT2D eigenvalue weighted by Gasteiger charge is -2.20. The van der Waals surface area contributed by atoms with Crippen molar-refractivity contribution in [2.24, 2.45) is 0 Å². The number of anilines is 1. The van der Waals surface area contributed by atoms with E-state index in [-0.39, 0.29) is 18.7 Å². The van der Waals surface area contributed by atoms with Crippen molar-refractivity contribution in [1.82, 2.24) is 5.32 Å². The smallest absolute Gasteiger partial charge is 0.319 e. The molecule has 0 spiro atoms. The number of aliphatic hydroxyl groups excluding tert-OH is 1. The summed E-state index contributed by atoms with van der Waals surface area (Å²) in [5, 5.41) is 14.9. The van der Waals surface area contributed by atoms with E-state index in [1.807, 2.05) is 55.5 Å². The van der Waals surface area contributed by atoms with E-state index in [0.29, 0.717) is 30.9 Å². The van der Waals surface area contributed by atoms with Crippen molar-refractivity contribution in [2.45, 2.75) is 25.8 Å². The van der Waals surface area contributed by atoms with Crippen molar-refractivity contribution < 1.29 is 14.6 Å². The van der Waals surface area contributed by atoms with Crippen molar-refractivity contribution in [1.29, 1.82) is 0 Å². The van der Waals surface area contributed by atoms with Gasteiger partial charge in [0.05, 0.1) is 18.3 Å². The first-order chi connectivity index (χ1) is 11.7. The minimum absolute atomic E-state index is 0.0970. The highest BCUT2D eigenvalue weighted by Crippen LogP contribution is 2.24. The molecule has 2 aromatic carbocycles. The van der Waals surface area contributed by atoms with Gasteiger partial charge in [-0.25, -0.2) is 4.79 Å². The van der Waals surface area contributed by atoms with Gasteiger partial charge in [-0.15, -0.1) is 0 Å². The number of carbonyl (C=O) groups excluding carboxylic acids is 1. The average Bonchev–Trinajstić information content (AvgIpc) is 2.61. The van der Waals surface area contributed by atoms with Gasteiger partial charge in [-0.3, -0.25) is 0 Å². The third-order valence-electron chi connectivity index (χ3n) is 3.59. The topological polar surface area (TPSA) is 70.6 Å². The molecule has 0 aliphatic rings. The molecule has 0 aliphatic heterocycles. The number of hydrogen-bond acceptors (Lipinski definition) is 3. The van der Waals surface area contributed by atoms with Crippen LogP contribution in [0.5, 0.6) is 5.75 Å². The van der Waals surface area contributed by atoms with Crippen LogP contribution in [0.1, 0.15) is 31.4 Å². The van der Waals surface area contributed by atoms with Crippen LogP contribution >= 0.6 is 0 Å². The second-order valence-corrected chi connectivity index (χ2v) is 5.36. The van der Waals surface area contributed by atoms with Crippen LogP contribution in [0.4, 0.5) is 10.5 Å². The summed E-state index contributed by atoms with van der Waals surface area (Å²) >= 11 is 0. The van der Waals surface area contributed by atoms with E-state index in [1.54, 1.807) is 6.07 Å². The van der Waals surface area contributed by atoms with E-state index in [2.05, 4.69) is 10.6 Å². The highest BCUT2D eigenvalue weighted by Gasteiger charge is 2.15. The Balaban J connectivity index is 2.05. The summed E-state index contributed by atoms with van der Waals surface area (Å²) < 4.78 is 5.52. The van der Waals surface area contributed by atoms with Crippen LogP contribution in [0, 0.1) is 0 Å². The first kappa shape index (κ1) is 17.8. The number of benzene rings is 2. The van der Waals surface area contributed by atoms with Crippen molar-refractivity contribution in [2.75, 3.05) is 18.5 Å². The Hall–Kier alpha value is -2.53. The summed E-state index contributed by atoms with van der Waals surface area (Å²) in [5.74, 6) is 0.641. The van der Waals surface area contributed by atoms with Gasteiger partial charge >= 0.3 is 6.03 Å². The molecule has 0 radical (unpaired) electrons. The van der Waals surface area contributed by atoms with Crippen molar-refractivity contribution >= 4 is 11.7 Å². The highest BCUT2D eigenvalue weighted by molar-refractivity contribution is 5.91. The van der Waals surface area contributed by atoms with Crippen LogP contribution in [0.2, 0.25) is 0 Å². The fraction of sp³-hybridized carbons (Fsp3) is 0.316. The zero-order chi connectivity index (χ0) is 17.2. The molecule has 128 valence electrons. The maximum absolute atomic E-state index is 12.4. The quantitative estimate of drug-likeness (QED) is 0.691. The van der Waals surface area contributed by atoms with Gasteiger partial charge in [0.2, 0.25) is 0 Å². The molecule has 3 N–H and O–H groups in total. The van der Waals surface area contributed by atoms with E-state index >= 15 is 0 Å². The molecule has 1 atom stereocenters. The Morgan fingerprint density at radius 2 is 1.83 bits per heavy atom. The molecular weight excluding hydrogens is 304 g/mol. The number of amides is 2. The van der Waals surface area contributed by atoms with Gasteiger partial charge in [-0.2, -0.15) is 0 Å². The van der Waals surface area contributed by atoms with Crippen LogP contribution in [0.3, 0.4) is 0 Å².